The molecule has 0 spiro atoms. The Morgan fingerprint density at radius 1 is 1.00 bits per heavy atom. The van der Waals surface area contributed by atoms with Crippen LogP contribution < -0.4 is 20.5 Å². The molecule has 0 fully saturated rings. The first-order valence-electron chi connectivity index (χ1n) is 15.7. The molecule has 1 heterocycles. The molecule has 5 N–H and O–H groups in total. The number of nitrogen functional groups attached to an aromatic ring is 1. The monoisotopic (exact) mass is 671 g/mol. The molecule has 0 bridgehead atoms. The second-order valence-electron chi connectivity index (χ2n) is 12.2. The van der Waals surface area contributed by atoms with Crippen LogP contribution in [0.15, 0.2) is 102 Å². The third kappa shape index (κ3) is 7.96. The second kappa shape index (κ2) is 14.9. The van der Waals surface area contributed by atoms with Crippen molar-refractivity contribution in [3.05, 3.63) is 114 Å². The van der Waals surface area contributed by atoms with Gasteiger partial charge in [-0.1, -0.05) is 55.5 Å². The minimum atomic E-state index is -3.98. The van der Waals surface area contributed by atoms with Gasteiger partial charge in [-0.2, -0.15) is 0 Å². The summed E-state index contributed by atoms with van der Waals surface area (Å²) < 4.78 is 35.8. The number of amides is 2. The largest absolute Gasteiger partial charge is 0.486 e. The molecule has 1 aliphatic heterocycles. The van der Waals surface area contributed by atoms with Crippen molar-refractivity contribution in [1.29, 1.82) is 0 Å². The Morgan fingerprint density at radius 3 is 2.35 bits per heavy atom. The van der Waals surface area contributed by atoms with E-state index in [0.29, 0.717) is 36.6 Å². The van der Waals surface area contributed by atoms with E-state index < -0.39 is 22.2 Å². The van der Waals surface area contributed by atoms with Crippen LogP contribution >= 0.6 is 0 Å². The maximum atomic E-state index is 13.8. The van der Waals surface area contributed by atoms with Crippen molar-refractivity contribution in [3.63, 3.8) is 0 Å². The van der Waals surface area contributed by atoms with Crippen molar-refractivity contribution in [1.82, 2.24) is 9.80 Å². The lowest BCUT2D eigenvalue weighted by atomic mass is 9.99. The molecule has 2 amide bonds. The zero-order valence-corrected chi connectivity index (χ0v) is 28.0. The summed E-state index contributed by atoms with van der Waals surface area (Å²) in [5.74, 6) is -0.673. The molecule has 3 atom stereocenters. The number of nitrogens with zero attached hydrogens (tertiary/aromatic N) is 2. The van der Waals surface area contributed by atoms with Crippen LogP contribution in [0.4, 0.5) is 17.1 Å². The highest BCUT2D eigenvalue weighted by molar-refractivity contribution is 7.92. The van der Waals surface area contributed by atoms with Gasteiger partial charge < -0.3 is 25.8 Å². The summed E-state index contributed by atoms with van der Waals surface area (Å²) in [5, 5.41) is 12.8. The van der Waals surface area contributed by atoms with Crippen LogP contribution in [-0.4, -0.2) is 74.0 Å². The number of sulfonamides is 1. The summed E-state index contributed by atoms with van der Waals surface area (Å²) in [6, 6.07) is 26.7. The van der Waals surface area contributed by atoms with E-state index >= 15 is 0 Å². The molecular weight excluding hydrogens is 630 g/mol. The van der Waals surface area contributed by atoms with E-state index in [0.717, 1.165) is 5.56 Å². The standard InChI is InChI=1S/C36H41N5O6S/c1-24-20-41(25(2)23-42)36(44)29-12-9-15-32(39-48(45,46)28-10-5-4-6-11-28)34(29)47-33(24)22-40(3)21-26-16-18-27(19-17-26)35(43)38-31-14-8-7-13-30(31)37/h4-19,24-25,33,39,42H,20-23,37H2,1-3H3,(H,38,43)/t24-,25+,33-/m1/s1. The Balaban J connectivity index is 1.37. The third-order valence-electron chi connectivity index (χ3n) is 8.36. The lowest BCUT2D eigenvalue weighted by Crippen LogP contribution is -2.49. The second-order valence-corrected chi connectivity index (χ2v) is 13.8. The summed E-state index contributed by atoms with van der Waals surface area (Å²) in [6.07, 6.45) is -0.459. The smallest absolute Gasteiger partial charge is 0.262 e. The fraction of sp³-hybridized carbons (Fsp3) is 0.278. The SMILES string of the molecule is C[C@@H]1CN([C@@H](C)CO)C(=O)c2cccc(NS(=O)(=O)c3ccccc3)c2O[C@@H]1CN(C)Cc1ccc(C(=O)Nc2ccccc2N)cc1. The first kappa shape index (κ1) is 34.4. The number of aliphatic hydroxyl groups is 1. The molecule has 0 aliphatic carbocycles. The Hall–Kier alpha value is -4.91. The average Bonchev–Trinajstić information content (AvgIpc) is 3.08. The number of likely N-dealkylation sites (N-methyl/N-ethyl adjacent to an activating group) is 1. The van der Waals surface area contributed by atoms with E-state index in [1.54, 1.807) is 84.6 Å². The van der Waals surface area contributed by atoms with Gasteiger partial charge in [0.2, 0.25) is 0 Å². The number of carbonyl (C=O) groups excluding carboxylic acids is 2. The molecule has 0 radical (unpaired) electrons. The van der Waals surface area contributed by atoms with Gasteiger partial charge in [0.05, 0.1) is 40.2 Å². The number of aliphatic hydroxyl groups excluding tert-OH is 1. The van der Waals surface area contributed by atoms with Crippen LogP contribution in [-0.2, 0) is 16.6 Å². The van der Waals surface area contributed by atoms with Crippen LogP contribution in [0.25, 0.3) is 0 Å². The maximum Gasteiger partial charge on any atom is 0.262 e. The topological polar surface area (TPSA) is 154 Å². The number of ether oxygens (including phenoxy) is 1. The quantitative estimate of drug-likeness (QED) is 0.168. The molecule has 5 rings (SSSR count). The fourth-order valence-corrected chi connectivity index (χ4v) is 6.68. The molecule has 252 valence electrons. The van der Waals surface area contributed by atoms with E-state index in [9.17, 15) is 23.1 Å². The van der Waals surface area contributed by atoms with E-state index in [1.807, 2.05) is 26.1 Å². The molecule has 48 heavy (non-hydrogen) atoms. The number of nitrogens with two attached hydrogens (primary N) is 1. The molecule has 0 aromatic heterocycles. The molecule has 0 saturated carbocycles. The number of benzene rings is 4. The predicted octanol–water partition coefficient (Wildman–Crippen LogP) is 4.67. The van der Waals surface area contributed by atoms with Crippen LogP contribution in [0.1, 0.15) is 40.1 Å². The lowest BCUT2D eigenvalue weighted by molar-refractivity contribution is 0.0344. The summed E-state index contributed by atoms with van der Waals surface area (Å²) in [4.78, 5) is 30.4. The van der Waals surface area contributed by atoms with Gasteiger partial charge in [-0.3, -0.25) is 19.2 Å². The van der Waals surface area contributed by atoms with Gasteiger partial charge in [-0.05, 0) is 68.1 Å². The van der Waals surface area contributed by atoms with E-state index in [-0.39, 0.29) is 46.2 Å². The van der Waals surface area contributed by atoms with Gasteiger partial charge in [0.15, 0.2) is 5.75 Å². The molecule has 4 aromatic rings. The van der Waals surface area contributed by atoms with Crippen molar-refractivity contribution >= 4 is 38.9 Å². The maximum absolute atomic E-state index is 13.8. The van der Waals surface area contributed by atoms with Gasteiger partial charge in [-0.25, -0.2) is 8.42 Å². The molecule has 12 heteroatoms. The van der Waals surface area contributed by atoms with Crippen LogP contribution in [0.2, 0.25) is 0 Å². The van der Waals surface area contributed by atoms with Crippen molar-refractivity contribution in [3.8, 4) is 5.75 Å². The van der Waals surface area contributed by atoms with Gasteiger partial charge >= 0.3 is 0 Å². The summed E-state index contributed by atoms with van der Waals surface area (Å²) in [7, 11) is -2.04. The number of hydrogen-bond acceptors (Lipinski definition) is 8. The minimum Gasteiger partial charge on any atom is -0.486 e. The Bertz CT molecular complexity index is 1850. The molecular formula is C36H41N5O6S. The predicted molar refractivity (Wildman–Crippen MR) is 186 cm³/mol. The van der Waals surface area contributed by atoms with Crippen molar-refractivity contribution in [2.75, 3.05) is 42.5 Å². The van der Waals surface area contributed by atoms with Gasteiger partial charge in [0, 0.05) is 31.1 Å². The highest BCUT2D eigenvalue weighted by Crippen LogP contribution is 2.36. The molecule has 0 unspecified atom stereocenters. The molecule has 0 saturated heterocycles. The Kier molecular flexibility index (Phi) is 10.7. The number of nitrogens with one attached hydrogen (secondary N) is 2. The highest BCUT2D eigenvalue weighted by Gasteiger charge is 2.35. The fourth-order valence-electron chi connectivity index (χ4n) is 5.60. The van der Waals surface area contributed by atoms with Crippen molar-refractivity contribution < 1.29 is 27.9 Å². The number of carbonyl (C=O) groups is 2. The first-order valence-corrected chi connectivity index (χ1v) is 17.2. The van der Waals surface area contributed by atoms with E-state index in [1.165, 1.54) is 12.1 Å². The van der Waals surface area contributed by atoms with Crippen LogP contribution in [0.3, 0.4) is 0 Å². The third-order valence-corrected chi connectivity index (χ3v) is 9.74. The number of para-hydroxylation sites is 3. The first-order chi connectivity index (χ1) is 23.0. The van der Waals surface area contributed by atoms with E-state index in [4.69, 9.17) is 10.5 Å². The number of anilines is 3. The zero-order chi connectivity index (χ0) is 34.4. The van der Waals surface area contributed by atoms with Crippen LogP contribution in [0, 0.1) is 5.92 Å². The highest BCUT2D eigenvalue weighted by atomic mass is 32.2. The van der Waals surface area contributed by atoms with Crippen molar-refractivity contribution in [2.24, 2.45) is 5.92 Å². The van der Waals surface area contributed by atoms with Gasteiger partial charge in [0.1, 0.15) is 6.10 Å². The van der Waals surface area contributed by atoms with Gasteiger partial charge in [0.25, 0.3) is 21.8 Å². The van der Waals surface area contributed by atoms with Crippen molar-refractivity contribution in [2.45, 2.75) is 37.4 Å². The summed E-state index contributed by atoms with van der Waals surface area (Å²) in [6.45, 7) is 4.81. The zero-order valence-electron chi connectivity index (χ0n) is 27.2. The molecule has 4 aromatic carbocycles. The Labute approximate surface area is 281 Å². The summed E-state index contributed by atoms with van der Waals surface area (Å²) >= 11 is 0. The minimum absolute atomic E-state index is 0.0765. The number of fused-ring (bicyclic) bond motifs is 1. The molecule has 11 nitrogen and oxygen atoms in total. The molecule has 1 aliphatic rings. The number of hydrogen-bond donors (Lipinski definition) is 4. The van der Waals surface area contributed by atoms with E-state index in [2.05, 4.69) is 14.9 Å². The Morgan fingerprint density at radius 2 is 1.67 bits per heavy atom. The summed E-state index contributed by atoms with van der Waals surface area (Å²) in [5.41, 5.74) is 8.80. The van der Waals surface area contributed by atoms with Gasteiger partial charge in [-0.15, -0.1) is 0 Å². The van der Waals surface area contributed by atoms with Crippen LogP contribution in [0.5, 0.6) is 5.75 Å². The lowest BCUT2D eigenvalue weighted by Gasteiger charge is -2.38. The normalized spacial score (nSPS) is 17.1. The number of rotatable bonds is 11. The average molecular weight is 672 g/mol.